The fraction of sp³-hybridized carbons (Fsp3) is 0.444. The molecule has 0 radical (unpaired) electrons. The van der Waals surface area contributed by atoms with Gasteiger partial charge in [-0.2, -0.15) is 0 Å². The summed E-state index contributed by atoms with van der Waals surface area (Å²) >= 11 is 1.38. The van der Waals surface area contributed by atoms with E-state index in [1.165, 1.54) is 43.2 Å². The van der Waals surface area contributed by atoms with Crippen LogP contribution in [-0.2, 0) is 17.9 Å². The second-order valence-electron chi connectivity index (χ2n) is 9.97. The summed E-state index contributed by atoms with van der Waals surface area (Å²) in [5.41, 5.74) is 1.58. The van der Waals surface area contributed by atoms with E-state index in [9.17, 15) is 9.18 Å². The molecule has 0 bridgehead atoms. The van der Waals surface area contributed by atoms with E-state index in [0.29, 0.717) is 18.2 Å². The lowest BCUT2D eigenvalue weighted by atomic mass is 10.0. The number of nitrogens with zero attached hydrogens (tertiary/aromatic N) is 5. The summed E-state index contributed by atoms with van der Waals surface area (Å²) in [6, 6.07) is 16.4. The molecule has 2 aromatic carbocycles. The summed E-state index contributed by atoms with van der Waals surface area (Å²) in [4.78, 5) is 17.7. The summed E-state index contributed by atoms with van der Waals surface area (Å²) in [6.07, 6.45) is 3.63. The van der Waals surface area contributed by atoms with Crippen LogP contribution in [0.3, 0.4) is 0 Å². The minimum atomic E-state index is -0.322. The van der Waals surface area contributed by atoms with E-state index in [2.05, 4.69) is 35.9 Å². The first-order chi connectivity index (χ1) is 16.8. The second kappa shape index (κ2) is 11.4. The van der Waals surface area contributed by atoms with E-state index in [1.807, 2.05) is 39.8 Å². The molecule has 1 aliphatic rings. The maximum Gasteiger partial charge on any atom is 0.233 e. The molecule has 1 aromatic heterocycles. The number of piperidine rings is 1. The molecule has 35 heavy (non-hydrogen) atoms. The molecule has 8 heteroatoms. The van der Waals surface area contributed by atoms with Crippen molar-refractivity contribution in [3.8, 4) is 5.69 Å². The number of benzene rings is 2. The number of thioether (sulfide) groups is 1. The number of likely N-dealkylation sites (tertiary alicyclic amines) is 1. The smallest absolute Gasteiger partial charge is 0.233 e. The molecule has 1 aliphatic heterocycles. The number of aromatic nitrogens is 3. The lowest BCUT2D eigenvalue weighted by molar-refractivity contribution is -0.133. The third-order valence-corrected chi connectivity index (χ3v) is 7.13. The van der Waals surface area contributed by atoms with Crippen LogP contribution in [0.25, 0.3) is 5.69 Å². The zero-order valence-corrected chi connectivity index (χ0v) is 21.6. The van der Waals surface area contributed by atoms with Crippen molar-refractivity contribution in [1.82, 2.24) is 24.6 Å². The third kappa shape index (κ3) is 6.70. The Kier molecular flexibility index (Phi) is 8.23. The van der Waals surface area contributed by atoms with Gasteiger partial charge in [0.2, 0.25) is 5.91 Å². The Hall–Kier alpha value is -2.71. The zero-order chi connectivity index (χ0) is 24.8. The molecule has 2 heterocycles. The summed E-state index contributed by atoms with van der Waals surface area (Å²) < 4.78 is 15.6. The van der Waals surface area contributed by atoms with Crippen LogP contribution in [0.15, 0.2) is 59.8 Å². The average Bonchev–Trinajstić information content (AvgIpc) is 3.24. The van der Waals surface area contributed by atoms with Crippen LogP contribution >= 0.6 is 11.8 Å². The van der Waals surface area contributed by atoms with E-state index in [4.69, 9.17) is 0 Å². The average molecular weight is 496 g/mol. The maximum absolute atomic E-state index is 13.6. The SMILES string of the molecule is CC(C)(C)N(Cc1ccccc1)C(=O)CSc1nnc(CN2CCCCC2)n1-c1ccc(F)cc1. The second-order valence-corrected chi connectivity index (χ2v) is 10.9. The van der Waals surface area contributed by atoms with Gasteiger partial charge in [-0.05, 0) is 76.5 Å². The van der Waals surface area contributed by atoms with E-state index >= 15 is 0 Å². The number of rotatable bonds is 8. The van der Waals surface area contributed by atoms with Gasteiger partial charge < -0.3 is 4.90 Å². The molecule has 0 saturated carbocycles. The van der Waals surface area contributed by atoms with Gasteiger partial charge in [0.1, 0.15) is 5.82 Å². The summed E-state index contributed by atoms with van der Waals surface area (Å²) in [7, 11) is 0. The monoisotopic (exact) mass is 495 g/mol. The number of carbonyl (C=O) groups is 1. The van der Waals surface area contributed by atoms with Crippen molar-refractivity contribution < 1.29 is 9.18 Å². The number of hydrogen-bond acceptors (Lipinski definition) is 5. The van der Waals surface area contributed by atoms with E-state index in [-0.39, 0.29) is 23.0 Å². The van der Waals surface area contributed by atoms with Crippen LogP contribution in [0.2, 0.25) is 0 Å². The van der Waals surface area contributed by atoms with Gasteiger partial charge in [0.25, 0.3) is 0 Å². The maximum atomic E-state index is 13.6. The largest absolute Gasteiger partial charge is 0.333 e. The third-order valence-electron chi connectivity index (χ3n) is 6.22. The van der Waals surface area contributed by atoms with Gasteiger partial charge >= 0.3 is 0 Å². The van der Waals surface area contributed by atoms with Crippen molar-refractivity contribution in [1.29, 1.82) is 0 Å². The van der Waals surface area contributed by atoms with Crippen molar-refractivity contribution in [2.24, 2.45) is 0 Å². The van der Waals surface area contributed by atoms with Gasteiger partial charge in [0.05, 0.1) is 12.3 Å². The minimum Gasteiger partial charge on any atom is -0.333 e. The van der Waals surface area contributed by atoms with Crippen LogP contribution in [0.5, 0.6) is 0 Å². The van der Waals surface area contributed by atoms with Gasteiger partial charge in [-0.25, -0.2) is 4.39 Å². The normalized spacial score (nSPS) is 14.7. The molecule has 0 unspecified atom stereocenters. The quantitative estimate of drug-likeness (QED) is 0.396. The molecule has 1 fully saturated rings. The number of halogens is 1. The van der Waals surface area contributed by atoms with Crippen LogP contribution in [-0.4, -0.2) is 54.9 Å². The molecular formula is C27H34FN5OS. The first-order valence-corrected chi connectivity index (χ1v) is 13.2. The van der Waals surface area contributed by atoms with Crippen molar-refractivity contribution in [3.05, 3.63) is 71.8 Å². The molecule has 0 spiro atoms. The molecule has 1 saturated heterocycles. The molecule has 4 rings (SSSR count). The highest BCUT2D eigenvalue weighted by Crippen LogP contribution is 2.26. The Bertz CT molecular complexity index is 1100. The molecule has 0 aliphatic carbocycles. The number of hydrogen-bond donors (Lipinski definition) is 0. The fourth-order valence-corrected chi connectivity index (χ4v) is 5.18. The summed E-state index contributed by atoms with van der Waals surface area (Å²) in [5.74, 6) is 0.807. The van der Waals surface area contributed by atoms with Gasteiger partial charge in [-0.15, -0.1) is 10.2 Å². The summed E-state index contributed by atoms with van der Waals surface area (Å²) in [6.45, 7) is 9.47. The van der Waals surface area contributed by atoms with E-state index < -0.39 is 0 Å². The number of carbonyl (C=O) groups excluding carboxylic acids is 1. The highest BCUT2D eigenvalue weighted by molar-refractivity contribution is 7.99. The first kappa shape index (κ1) is 25.4. The van der Waals surface area contributed by atoms with Gasteiger partial charge in [-0.3, -0.25) is 14.3 Å². The summed E-state index contributed by atoms with van der Waals surface area (Å²) in [5, 5.41) is 9.57. The van der Waals surface area contributed by atoms with Crippen LogP contribution in [0, 0.1) is 5.82 Å². The fourth-order valence-electron chi connectivity index (χ4n) is 4.33. The molecule has 6 nitrogen and oxygen atoms in total. The predicted octanol–water partition coefficient (Wildman–Crippen LogP) is 5.31. The highest BCUT2D eigenvalue weighted by atomic mass is 32.2. The number of amides is 1. The molecular weight excluding hydrogens is 461 g/mol. The van der Waals surface area contributed by atoms with Crippen molar-refractivity contribution >= 4 is 17.7 Å². The lowest BCUT2D eigenvalue weighted by Gasteiger charge is -2.36. The van der Waals surface area contributed by atoms with Crippen LogP contribution in [0.1, 0.15) is 51.4 Å². The van der Waals surface area contributed by atoms with Crippen molar-refractivity contribution in [2.45, 2.75) is 63.8 Å². The van der Waals surface area contributed by atoms with Gasteiger partial charge in [0, 0.05) is 17.8 Å². The van der Waals surface area contributed by atoms with E-state index in [1.54, 1.807) is 12.1 Å². The molecule has 0 N–H and O–H groups in total. The van der Waals surface area contributed by atoms with Crippen LogP contribution in [0.4, 0.5) is 4.39 Å². The lowest BCUT2D eigenvalue weighted by Crippen LogP contribution is -2.45. The Morgan fingerprint density at radius 1 is 1.00 bits per heavy atom. The molecule has 3 aromatic rings. The van der Waals surface area contributed by atoms with Gasteiger partial charge in [-0.1, -0.05) is 48.5 Å². The standard InChI is InChI=1S/C27H34FN5OS/c1-27(2,3)32(18-21-10-6-4-7-11-21)25(34)20-35-26-30-29-24(19-31-16-8-5-9-17-31)33(26)23-14-12-22(28)13-15-23/h4,6-7,10-15H,5,8-9,16-20H2,1-3H3. The molecule has 0 atom stereocenters. The van der Waals surface area contributed by atoms with Crippen molar-refractivity contribution in [2.75, 3.05) is 18.8 Å². The Morgan fingerprint density at radius 2 is 1.69 bits per heavy atom. The van der Waals surface area contributed by atoms with E-state index in [0.717, 1.165) is 30.2 Å². The van der Waals surface area contributed by atoms with Crippen molar-refractivity contribution in [3.63, 3.8) is 0 Å². The first-order valence-electron chi connectivity index (χ1n) is 12.2. The predicted molar refractivity (Wildman–Crippen MR) is 138 cm³/mol. The Balaban J connectivity index is 1.54. The molecule has 186 valence electrons. The van der Waals surface area contributed by atoms with Gasteiger partial charge in [0.15, 0.2) is 11.0 Å². The Labute approximate surface area is 211 Å². The highest BCUT2D eigenvalue weighted by Gasteiger charge is 2.27. The Morgan fingerprint density at radius 3 is 2.34 bits per heavy atom. The zero-order valence-electron chi connectivity index (χ0n) is 20.8. The van der Waals surface area contributed by atoms with Crippen LogP contribution < -0.4 is 0 Å². The topological polar surface area (TPSA) is 54.3 Å². The molecule has 1 amide bonds. The minimum absolute atomic E-state index is 0.0394.